The maximum atomic E-state index is 12.1. The minimum absolute atomic E-state index is 0.0827. The number of nitrogens with one attached hydrogen (secondary N) is 1. The van der Waals surface area contributed by atoms with E-state index in [0.29, 0.717) is 17.3 Å². The number of rotatable bonds is 3. The van der Waals surface area contributed by atoms with Gasteiger partial charge in [0, 0.05) is 37.1 Å². The standard InChI is InChI=1S/C14H12N6O2/c15-8-14(22)3-6-20(13(14)21)10-1-5-17-12(7-10)19-11-2-4-16-9-18-11/h1-2,4-5,7,9,22H,3,6H2,(H,16,17,18,19)/t14-/m0/s1. The van der Waals surface area contributed by atoms with Crippen LogP contribution in [-0.4, -0.2) is 38.1 Å². The highest BCUT2D eigenvalue weighted by Gasteiger charge is 2.46. The van der Waals surface area contributed by atoms with Gasteiger partial charge in [0.05, 0.1) is 0 Å². The topological polar surface area (TPSA) is 115 Å². The van der Waals surface area contributed by atoms with Crippen molar-refractivity contribution in [3.63, 3.8) is 0 Å². The lowest BCUT2D eigenvalue weighted by molar-refractivity contribution is -0.128. The molecule has 110 valence electrons. The number of nitriles is 1. The summed E-state index contributed by atoms with van der Waals surface area (Å²) in [6.07, 6.45) is 4.62. The molecule has 1 aliphatic rings. The van der Waals surface area contributed by atoms with Crippen LogP contribution in [0.2, 0.25) is 0 Å². The third kappa shape index (κ3) is 2.45. The van der Waals surface area contributed by atoms with E-state index in [1.54, 1.807) is 30.5 Å². The van der Waals surface area contributed by atoms with Crippen LogP contribution in [0.5, 0.6) is 0 Å². The van der Waals surface area contributed by atoms with Crippen molar-refractivity contribution in [3.8, 4) is 6.07 Å². The van der Waals surface area contributed by atoms with E-state index in [1.165, 1.54) is 17.4 Å². The Morgan fingerprint density at radius 1 is 1.32 bits per heavy atom. The van der Waals surface area contributed by atoms with Gasteiger partial charge in [-0.3, -0.25) is 4.79 Å². The van der Waals surface area contributed by atoms with Gasteiger partial charge in [-0.05, 0) is 12.1 Å². The summed E-state index contributed by atoms with van der Waals surface area (Å²) in [5.74, 6) is 0.450. The van der Waals surface area contributed by atoms with Crippen LogP contribution in [0.3, 0.4) is 0 Å². The molecule has 3 rings (SSSR count). The molecule has 8 heteroatoms. The Hall–Kier alpha value is -3.05. The number of aromatic nitrogens is 3. The first-order valence-electron chi connectivity index (χ1n) is 6.57. The van der Waals surface area contributed by atoms with Crippen molar-refractivity contribution in [2.24, 2.45) is 0 Å². The first-order valence-corrected chi connectivity index (χ1v) is 6.57. The van der Waals surface area contributed by atoms with Gasteiger partial charge in [-0.1, -0.05) is 0 Å². The molecule has 1 fully saturated rings. The zero-order chi connectivity index (χ0) is 15.6. The van der Waals surface area contributed by atoms with Crippen LogP contribution in [-0.2, 0) is 4.79 Å². The molecule has 22 heavy (non-hydrogen) atoms. The van der Waals surface area contributed by atoms with Gasteiger partial charge in [0.15, 0.2) is 0 Å². The summed E-state index contributed by atoms with van der Waals surface area (Å²) in [5, 5.41) is 21.8. The fraction of sp³-hybridized carbons (Fsp3) is 0.214. The highest BCUT2D eigenvalue weighted by Crippen LogP contribution is 2.29. The van der Waals surface area contributed by atoms with Crippen LogP contribution in [0.4, 0.5) is 17.3 Å². The second-order valence-electron chi connectivity index (χ2n) is 4.80. The van der Waals surface area contributed by atoms with Crippen LogP contribution in [0.25, 0.3) is 0 Å². The SMILES string of the molecule is N#C[C@@]1(O)CCN(c2ccnc(Nc3ccncn3)c2)C1=O. The van der Waals surface area contributed by atoms with Crippen molar-refractivity contribution in [2.45, 2.75) is 12.0 Å². The Balaban J connectivity index is 1.84. The highest BCUT2D eigenvalue weighted by atomic mass is 16.3. The van der Waals surface area contributed by atoms with E-state index in [2.05, 4.69) is 20.3 Å². The van der Waals surface area contributed by atoms with Gasteiger partial charge in [0.2, 0.25) is 5.60 Å². The smallest absolute Gasteiger partial charge is 0.273 e. The van der Waals surface area contributed by atoms with Crippen LogP contribution in [0.1, 0.15) is 6.42 Å². The molecular weight excluding hydrogens is 284 g/mol. The number of hydrogen-bond acceptors (Lipinski definition) is 7. The Kier molecular flexibility index (Phi) is 3.40. The average Bonchev–Trinajstić information content (AvgIpc) is 2.85. The predicted molar refractivity (Wildman–Crippen MR) is 77.1 cm³/mol. The van der Waals surface area contributed by atoms with Gasteiger partial charge in [-0.2, -0.15) is 5.26 Å². The molecule has 0 saturated carbocycles. The molecule has 0 bridgehead atoms. The lowest BCUT2D eigenvalue weighted by atomic mass is 10.1. The number of pyridine rings is 1. The molecule has 1 aliphatic heterocycles. The first-order chi connectivity index (χ1) is 10.6. The van der Waals surface area contributed by atoms with Crippen molar-refractivity contribution < 1.29 is 9.90 Å². The normalized spacial score (nSPS) is 20.7. The number of anilines is 3. The van der Waals surface area contributed by atoms with E-state index >= 15 is 0 Å². The van der Waals surface area contributed by atoms with Crippen molar-refractivity contribution >= 4 is 23.2 Å². The molecule has 0 spiro atoms. The molecule has 1 amide bonds. The quantitative estimate of drug-likeness (QED) is 0.797. The number of nitrogens with zero attached hydrogens (tertiary/aromatic N) is 5. The zero-order valence-corrected chi connectivity index (χ0v) is 11.5. The summed E-state index contributed by atoms with van der Waals surface area (Å²) >= 11 is 0. The van der Waals surface area contributed by atoms with Crippen molar-refractivity contribution in [3.05, 3.63) is 36.9 Å². The Labute approximate surface area is 126 Å². The second-order valence-corrected chi connectivity index (χ2v) is 4.80. The molecule has 8 nitrogen and oxygen atoms in total. The summed E-state index contributed by atoms with van der Waals surface area (Å²) < 4.78 is 0. The molecule has 0 unspecified atom stereocenters. The summed E-state index contributed by atoms with van der Waals surface area (Å²) in [7, 11) is 0. The molecule has 0 aliphatic carbocycles. The van der Waals surface area contributed by atoms with E-state index in [-0.39, 0.29) is 13.0 Å². The van der Waals surface area contributed by atoms with E-state index in [1.807, 2.05) is 0 Å². The number of carbonyl (C=O) groups excluding carboxylic acids is 1. The Morgan fingerprint density at radius 2 is 2.18 bits per heavy atom. The second kappa shape index (κ2) is 5.38. The highest BCUT2D eigenvalue weighted by molar-refractivity contribution is 6.03. The molecule has 2 N–H and O–H groups in total. The van der Waals surface area contributed by atoms with Crippen molar-refractivity contribution in [1.82, 2.24) is 15.0 Å². The van der Waals surface area contributed by atoms with Crippen LogP contribution in [0.15, 0.2) is 36.9 Å². The summed E-state index contributed by atoms with van der Waals surface area (Å²) in [4.78, 5) is 25.5. The fourth-order valence-corrected chi connectivity index (χ4v) is 2.21. The maximum absolute atomic E-state index is 12.1. The lowest BCUT2D eigenvalue weighted by Crippen LogP contribution is -2.38. The van der Waals surface area contributed by atoms with E-state index in [4.69, 9.17) is 5.26 Å². The van der Waals surface area contributed by atoms with Crippen LogP contribution >= 0.6 is 0 Å². The monoisotopic (exact) mass is 296 g/mol. The third-order valence-electron chi connectivity index (χ3n) is 3.37. The Morgan fingerprint density at radius 3 is 2.86 bits per heavy atom. The minimum atomic E-state index is -1.94. The van der Waals surface area contributed by atoms with Gasteiger partial charge in [0.25, 0.3) is 5.91 Å². The molecule has 0 aromatic carbocycles. The van der Waals surface area contributed by atoms with E-state index in [9.17, 15) is 9.90 Å². The molecule has 3 heterocycles. The van der Waals surface area contributed by atoms with Crippen LogP contribution in [0, 0.1) is 11.3 Å². The van der Waals surface area contributed by atoms with Crippen molar-refractivity contribution in [2.75, 3.05) is 16.8 Å². The first kappa shape index (κ1) is 13.9. The summed E-state index contributed by atoms with van der Waals surface area (Å²) in [6, 6.07) is 6.65. The molecule has 1 atom stereocenters. The van der Waals surface area contributed by atoms with E-state index in [0.717, 1.165) is 0 Å². The van der Waals surface area contributed by atoms with Gasteiger partial charge in [-0.25, -0.2) is 15.0 Å². The number of amides is 1. The van der Waals surface area contributed by atoms with Crippen molar-refractivity contribution in [1.29, 1.82) is 5.26 Å². The number of hydrogen-bond donors (Lipinski definition) is 2. The molecule has 0 radical (unpaired) electrons. The summed E-state index contributed by atoms with van der Waals surface area (Å²) in [5.41, 5.74) is -1.38. The van der Waals surface area contributed by atoms with Crippen LogP contribution < -0.4 is 10.2 Å². The van der Waals surface area contributed by atoms with Gasteiger partial charge < -0.3 is 15.3 Å². The molecule has 1 saturated heterocycles. The molecular formula is C14H12N6O2. The van der Waals surface area contributed by atoms with Gasteiger partial charge >= 0.3 is 0 Å². The average molecular weight is 296 g/mol. The predicted octanol–water partition coefficient (Wildman–Crippen LogP) is 0.607. The third-order valence-corrected chi connectivity index (χ3v) is 3.37. The van der Waals surface area contributed by atoms with Gasteiger partial charge in [0.1, 0.15) is 24.0 Å². The lowest BCUT2D eigenvalue weighted by Gasteiger charge is -2.18. The molecule has 2 aromatic heterocycles. The largest absolute Gasteiger partial charge is 0.368 e. The number of carbonyl (C=O) groups is 1. The molecule has 2 aromatic rings. The maximum Gasteiger partial charge on any atom is 0.273 e. The fourth-order valence-electron chi connectivity index (χ4n) is 2.21. The number of aliphatic hydroxyl groups is 1. The summed E-state index contributed by atoms with van der Waals surface area (Å²) in [6.45, 7) is 0.278. The minimum Gasteiger partial charge on any atom is -0.368 e. The van der Waals surface area contributed by atoms with Gasteiger partial charge in [-0.15, -0.1) is 0 Å². The Bertz CT molecular complexity index is 744. The van der Waals surface area contributed by atoms with E-state index < -0.39 is 11.5 Å². The zero-order valence-electron chi connectivity index (χ0n) is 11.5.